The Morgan fingerprint density at radius 3 is 2.69 bits per heavy atom. The summed E-state index contributed by atoms with van der Waals surface area (Å²) in [6, 6.07) is 4.49. The molecule has 2 heterocycles. The molecule has 12 heteroatoms. The molecule has 0 fully saturated rings. The molecule has 0 aromatic carbocycles. The zero-order chi connectivity index (χ0) is 20.2. The molecule has 2 aromatic heterocycles. The van der Waals surface area contributed by atoms with Gasteiger partial charge in [0.1, 0.15) is 18.1 Å². The van der Waals surface area contributed by atoms with Crippen LogP contribution < -0.4 is 16.0 Å². The van der Waals surface area contributed by atoms with Crippen molar-refractivity contribution >= 4 is 35.9 Å². The third kappa shape index (κ3) is 9.78. The van der Waals surface area contributed by atoms with E-state index in [0.29, 0.717) is 38.8 Å². The average Bonchev–Trinajstić information content (AvgIpc) is 3.19. The molecule has 0 aliphatic heterocycles. The number of nitrogens with zero attached hydrogens (tertiary/aromatic N) is 3. The quantitative estimate of drug-likeness (QED) is 0.189. The number of hydrogen-bond donors (Lipinski definition) is 3. The lowest BCUT2D eigenvalue weighted by Gasteiger charge is -2.12. The van der Waals surface area contributed by atoms with Crippen molar-refractivity contribution in [2.24, 2.45) is 4.99 Å². The van der Waals surface area contributed by atoms with Crippen molar-refractivity contribution < 1.29 is 22.3 Å². The third-order valence-corrected chi connectivity index (χ3v) is 3.45. The molecule has 0 radical (unpaired) electrons. The van der Waals surface area contributed by atoms with Crippen LogP contribution in [0.1, 0.15) is 17.9 Å². The monoisotopic (exact) mass is 528 g/mol. The van der Waals surface area contributed by atoms with E-state index in [-0.39, 0.29) is 29.9 Å². The summed E-state index contributed by atoms with van der Waals surface area (Å²) in [7, 11) is 1.63. The van der Waals surface area contributed by atoms with Crippen LogP contribution in [0.3, 0.4) is 0 Å². The standard InChI is InChI=1S/C17H23F3N6O2.HI/c1-21-15(22-6-3-10-27-12-13-4-2-11-28-13)24-8-9-25-16-23-7-5-14(26-16)17(18,19)20;/h2,4-5,7,11H,3,6,8-10,12H2,1H3,(H2,21,22,24)(H,23,25,26);1H. The van der Waals surface area contributed by atoms with Gasteiger partial charge in [0.25, 0.3) is 0 Å². The number of aliphatic imine (C=N–C) groups is 1. The van der Waals surface area contributed by atoms with Gasteiger partial charge in [-0.05, 0) is 24.6 Å². The molecule has 0 unspecified atom stereocenters. The molecule has 0 saturated carbocycles. The highest BCUT2D eigenvalue weighted by atomic mass is 127. The number of guanidine groups is 1. The van der Waals surface area contributed by atoms with Gasteiger partial charge in [-0.1, -0.05) is 0 Å². The molecule has 3 N–H and O–H groups in total. The van der Waals surface area contributed by atoms with E-state index in [4.69, 9.17) is 9.15 Å². The van der Waals surface area contributed by atoms with E-state index >= 15 is 0 Å². The van der Waals surface area contributed by atoms with Gasteiger partial charge in [-0.2, -0.15) is 13.2 Å². The molecular formula is C17H24F3IN6O2. The number of halogens is 4. The number of anilines is 1. The molecule has 0 aliphatic carbocycles. The topological polar surface area (TPSA) is 96.6 Å². The molecule has 0 atom stereocenters. The zero-order valence-electron chi connectivity index (χ0n) is 15.8. The van der Waals surface area contributed by atoms with Crippen molar-refractivity contribution in [1.82, 2.24) is 20.6 Å². The van der Waals surface area contributed by atoms with Crippen LogP contribution in [0, 0.1) is 0 Å². The predicted molar refractivity (Wildman–Crippen MR) is 113 cm³/mol. The van der Waals surface area contributed by atoms with Gasteiger partial charge in [0, 0.05) is 39.5 Å². The van der Waals surface area contributed by atoms with Crippen molar-refractivity contribution in [2.45, 2.75) is 19.2 Å². The maximum Gasteiger partial charge on any atom is 0.433 e. The van der Waals surface area contributed by atoms with Crippen molar-refractivity contribution in [3.63, 3.8) is 0 Å². The Morgan fingerprint density at radius 1 is 1.21 bits per heavy atom. The summed E-state index contributed by atoms with van der Waals surface area (Å²) in [5.74, 6) is 1.29. The number of rotatable bonds is 10. The fourth-order valence-corrected chi connectivity index (χ4v) is 2.13. The highest BCUT2D eigenvalue weighted by Gasteiger charge is 2.32. The van der Waals surface area contributed by atoms with E-state index < -0.39 is 11.9 Å². The molecule has 2 aromatic rings. The minimum atomic E-state index is -4.49. The second kappa shape index (κ2) is 13.2. The Labute approximate surface area is 183 Å². The van der Waals surface area contributed by atoms with E-state index in [1.807, 2.05) is 12.1 Å². The SMILES string of the molecule is CN=C(NCCCOCc1ccco1)NCCNc1nccc(C(F)(F)F)n1.I. The Morgan fingerprint density at radius 2 is 2.00 bits per heavy atom. The van der Waals surface area contributed by atoms with Crippen molar-refractivity contribution in [3.8, 4) is 0 Å². The van der Waals surface area contributed by atoms with Gasteiger partial charge < -0.3 is 25.1 Å². The molecule has 29 heavy (non-hydrogen) atoms. The van der Waals surface area contributed by atoms with E-state index in [1.54, 1.807) is 13.3 Å². The van der Waals surface area contributed by atoms with Crippen LogP contribution in [-0.2, 0) is 17.5 Å². The third-order valence-electron chi connectivity index (χ3n) is 3.45. The Hall–Kier alpha value is -2.09. The summed E-state index contributed by atoms with van der Waals surface area (Å²) in [6.07, 6.45) is -1.05. The van der Waals surface area contributed by atoms with Gasteiger partial charge in [0.2, 0.25) is 5.95 Å². The van der Waals surface area contributed by atoms with Crippen molar-refractivity contribution in [1.29, 1.82) is 0 Å². The Bertz CT molecular complexity index is 728. The van der Waals surface area contributed by atoms with Crippen LogP contribution in [0.25, 0.3) is 0 Å². The number of alkyl halides is 3. The first-order valence-electron chi connectivity index (χ1n) is 8.68. The van der Waals surface area contributed by atoms with Crippen LogP contribution in [0.4, 0.5) is 19.1 Å². The lowest BCUT2D eigenvalue weighted by atomic mass is 10.4. The second-order valence-electron chi connectivity index (χ2n) is 5.60. The van der Waals surface area contributed by atoms with Gasteiger partial charge >= 0.3 is 6.18 Å². The van der Waals surface area contributed by atoms with Crippen LogP contribution in [0.2, 0.25) is 0 Å². The minimum Gasteiger partial charge on any atom is -0.467 e. The first-order valence-corrected chi connectivity index (χ1v) is 8.68. The van der Waals surface area contributed by atoms with Crippen molar-refractivity contribution in [3.05, 3.63) is 42.1 Å². The largest absolute Gasteiger partial charge is 0.467 e. The van der Waals surface area contributed by atoms with E-state index in [1.165, 1.54) is 0 Å². The minimum absolute atomic E-state index is 0. The second-order valence-corrected chi connectivity index (χ2v) is 5.60. The van der Waals surface area contributed by atoms with Crippen LogP contribution in [0.5, 0.6) is 0 Å². The lowest BCUT2D eigenvalue weighted by Crippen LogP contribution is -2.40. The van der Waals surface area contributed by atoms with E-state index in [2.05, 4.69) is 30.9 Å². The summed E-state index contributed by atoms with van der Waals surface area (Å²) in [5, 5.41) is 8.90. The smallest absolute Gasteiger partial charge is 0.433 e. The van der Waals surface area contributed by atoms with Gasteiger partial charge in [0.05, 0.1) is 6.26 Å². The van der Waals surface area contributed by atoms with Crippen LogP contribution in [-0.4, -0.2) is 49.2 Å². The zero-order valence-corrected chi connectivity index (χ0v) is 18.2. The number of furan rings is 1. The van der Waals surface area contributed by atoms with E-state index in [0.717, 1.165) is 24.4 Å². The summed E-state index contributed by atoms with van der Waals surface area (Å²) < 4.78 is 48.5. The van der Waals surface area contributed by atoms with Gasteiger partial charge in [-0.25, -0.2) is 9.97 Å². The summed E-state index contributed by atoms with van der Waals surface area (Å²) >= 11 is 0. The van der Waals surface area contributed by atoms with Crippen LogP contribution in [0.15, 0.2) is 40.1 Å². The molecule has 2 rings (SSSR count). The summed E-state index contributed by atoms with van der Waals surface area (Å²) in [6.45, 7) is 2.41. The fourth-order valence-electron chi connectivity index (χ4n) is 2.13. The molecule has 0 saturated heterocycles. The van der Waals surface area contributed by atoms with Crippen LogP contribution >= 0.6 is 24.0 Å². The lowest BCUT2D eigenvalue weighted by molar-refractivity contribution is -0.141. The number of hydrogen-bond acceptors (Lipinski definition) is 6. The Balaban J connectivity index is 0.00000420. The van der Waals surface area contributed by atoms with E-state index in [9.17, 15) is 13.2 Å². The molecule has 162 valence electrons. The first kappa shape index (κ1) is 24.9. The maximum absolute atomic E-state index is 12.6. The molecular weight excluding hydrogens is 504 g/mol. The maximum atomic E-state index is 12.6. The molecule has 0 amide bonds. The highest BCUT2D eigenvalue weighted by molar-refractivity contribution is 14.0. The number of aromatic nitrogens is 2. The number of ether oxygens (including phenoxy) is 1. The molecule has 0 spiro atoms. The fraction of sp³-hybridized carbons (Fsp3) is 0.471. The Kier molecular flexibility index (Phi) is 11.3. The predicted octanol–water partition coefficient (Wildman–Crippen LogP) is 2.89. The number of nitrogens with one attached hydrogen (secondary N) is 3. The summed E-state index contributed by atoms with van der Waals surface area (Å²) in [4.78, 5) is 11.3. The van der Waals surface area contributed by atoms with Gasteiger partial charge in [-0.3, -0.25) is 4.99 Å². The van der Waals surface area contributed by atoms with Crippen molar-refractivity contribution in [2.75, 3.05) is 38.6 Å². The van der Waals surface area contributed by atoms with Gasteiger partial charge in [0.15, 0.2) is 5.96 Å². The summed E-state index contributed by atoms with van der Waals surface area (Å²) in [5.41, 5.74) is -0.982. The molecule has 0 aliphatic rings. The molecule has 0 bridgehead atoms. The molecule has 8 nitrogen and oxygen atoms in total. The highest BCUT2D eigenvalue weighted by Crippen LogP contribution is 2.27. The first-order chi connectivity index (χ1) is 13.5. The normalized spacial score (nSPS) is 11.7. The average molecular weight is 528 g/mol. The van der Waals surface area contributed by atoms with Gasteiger partial charge in [-0.15, -0.1) is 24.0 Å².